The molecule has 1 N–H and O–H groups in total. The minimum Gasteiger partial charge on any atom is -0.311 e. The monoisotopic (exact) mass is 278 g/mol. The van der Waals surface area contributed by atoms with Crippen molar-refractivity contribution in [3.05, 3.63) is 18.5 Å². The summed E-state index contributed by atoms with van der Waals surface area (Å²) in [6.45, 7) is 13.6. The van der Waals surface area contributed by atoms with E-state index >= 15 is 0 Å². The van der Waals surface area contributed by atoms with E-state index in [0.29, 0.717) is 6.04 Å². The number of nitrogens with one attached hydrogen (secondary N) is 1. The van der Waals surface area contributed by atoms with Crippen molar-refractivity contribution < 1.29 is 0 Å². The molecule has 1 aromatic heterocycles. The minimum atomic E-state index is 0.278. The molecule has 0 aromatic carbocycles. The second kappa shape index (κ2) is 6.72. The van der Waals surface area contributed by atoms with Gasteiger partial charge in [-0.3, -0.25) is 9.58 Å². The maximum Gasteiger partial charge on any atom is 0.0536 e. The number of piperazine rings is 1. The van der Waals surface area contributed by atoms with E-state index in [2.05, 4.69) is 49.2 Å². The molecular formula is C16H30N4. The summed E-state index contributed by atoms with van der Waals surface area (Å²) < 4.78 is 2.04. The highest BCUT2D eigenvalue weighted by Crippen LogP contribution is 2.24. The number of hydrogen-bond donors (Lipinski definition) is 1. The van der Waals surface area contributed by atoms with Crippen molar-refractivity contribution >= 4 is 0 Å². The maximum atomic E-state index is 4.32. The van der Waals surface area contributed by atoms with Gasteiger partial charge < -0.3 is 5.32 Å². The fourth-order valence-electron chi connectivity index (χ4n) is 3.12. The first-order valence-electron chi connectivity index (χ1n) is 7.99. The highest BCUT2D eigenvalue weighted by Gasteiger charge is 2.36. The van der Waals surface area contributed by atoms with Gasteiger partial charge in [0, 0.05) is 43.6 Å². The summed E-state index contributed by atoms with van der Waals surface area (Å²) >= 11 is 0. The lowest BCUT2D eigenvalue weighted by molar-refractivity contribution is 0.0406. The summed E-state index contributed by atoms with van der Waals surface area (Å²) in [4.78, 5) is 2.66. The topological polar surface area (TPSA) is 33.1 Å². The molecule has 1 saturated heterocycles. The van der Waals surface area contributed by atoms with Crippen LogP contribution in [0, 0.1) is 5.92 Å². The van der Waals surface area contributed by atoms with Crippen molar-refractivity contribution in [2.24, 2.45) is 5.92 Å². The molecule has 0 saturated carbocycles. The molecule has 1 aliphatic heterocycles. The number of nitrogens with zero attached hydrogens (tertiary/aromatic N) is 3. The van der Waals surface area contributed by atoms with E-state index in [4.69, 9.17) is 0 Å². The zero-order valence-corrected chi connectivity index (χ0v) is 13.5. The smallest absolute Gasteiger partial charge is 0.0536 e. The van der Waals surface area contributed by atoms with Crippen molar-refractivity contribution in [2.75, 3.05) is 19.6 Å². The standard InChI is InChI=1S/C16H30N4/c1-5-16(4)13-17-15(11-14(2)3)12-19(16)9-10-20-8-6-7-18-20/h6-8,14-15,17H,5,9-13H2,1-4H3. The molecule has 4 heteroatoms. The van der Waals surface area contributed by atoms with Gasteiger partial charge >= 0.3 is 0 Å². The summed E-state index contributed by atoms with van der Waals surface area (Å²) in [6, 6.07) is 2.63. The molecular weight excluding hydrogens is 248 g/mol. The van der Waals surface area contributed by atoms with Crippen LogP contribution >= 0.6 is 0 Å². The Morgan fingerprint density at radius 2 is 2.20 bits per heavy atom. The van der Waals surface area contributed by atoms with Crippen LogP contribution in [0.4, 0.5) is 0 Å². The van der Waals surface area contributed by atoms with Gasteiger partial charge in [0.15, 0.2) is 0 Å². The highest BCUT2D eigenvalue weighted by molar-refractivity contribution is 4.95. The Labute approximate surface area is 123 Å². The largest absolute Gasteiger partial charge is 0.311 e. The van der Waals surface area contributed by atoms with Gasteiger partial charge in [-0.1, -0.05) is 20.8 Å². The first-order chi connectivity index (χ1) is 9.53. The Morgan fingerprint density at radius 1 is 1.40 bits per heavy atom. The van der Waals surface area contributed by atoms with Gasteiger partial charge in [0.1, 0.15) is 0 Å². The SMILES string of the molecule is CCC1(C)CNC(CC(C)C)CN1CCn1cccn1. The van der Waals surface area contributed by atoms with Crippen LogP contribution < -0.4 is 5.32 Å². The molecule has 2 heterocycles. The van der Waals surface area contributed by atoms with Gasteiger partial charge in [0.25, 0.3) is 0 Å². The van der Waals surface area contributed by atoms with Crippen molar-refractivity contribution in [1.29, 1.82) is 0 Å². The lowest BCUT2D eigenvalue weighted by Crippen LogP contribution is -2.63. The van der Waals surface area contributed by atoms with Crippen LogP contribution in [0.2, 0.25) is 0 Å². The van der Waals surface area contributed by atoms with E-state index in [1.807, 2.05) is 16.9 Å². The molecule has 2 rings (SSSR count). The van der Waals surface area contributed by atoms with Crippen molar-refractivity contribution in [3.63, 3.8) is 0 Å². The van der Waals surface area contributed by atoms with Crippen LogP contribution in [0.3, 0.4) is 0 Å². The Morgan fingerprint density at radius 3 is 2.80 bits per heavy atom. The normalized spacial score (nSPS) is 28.1. The average Bonchev–Trinajstić information content (AvgIpc) is 2.92. The van der Waals surface area contributed by atoms with Gasteiger partial charge in [-0.15, -0.1) is 0 Å². The van der Waals surface area contributed by atoms with E-state index in [1.165, 1.54) is 12.8 Å². The van der Waals surface area contributed by atoms with Crippen LogP contribution in [0.5, 0.6) is 0 Å². The van der Waals surface area contributed by atoms with Crippen LogP contribution in [-0.4, -0.2) is 45.9 Å². The van der Waals surface area contributed by atoms with Crippen LogP contribution in [0.25, 0.3) is 0 Å². The summed E-state index contributed by atoms with van der Waals surface area (Å²) in [5.41, 5.74) is 0.278. The predicted molar refractivity (Wildman–Crippen MR) is 83.7 cm³/mol. The zero-order valence-electron chi connectivity index (χ0n) is 13.5. The molecule has 2 atom stereocenters. The van der Waals surface area contributed by atoms with Gasteiger partial charge in [-0.25, -0.2) is 0 Å². The van der Waals surface area contributed by atoms with E-state index in [0.717, 1.165) is 32.1 Å². The minimum absolute atomic E-state index is 0.278. The fourth-order valence-corrected chi connectivity index (χ4v) is 3.12. The summed E-state index contributed by atoms with van der Waals surface area (Å²) in [6.07, 6.45) is 6.36. The van der Waals surface area contributed by atoms with Gasteiger partial charge in [-0.05, 0) is 31.7 Å². The van der Waals surface area contributed by atoms with E-state index in [1.54, 1.807) is 0 Å². The van der Waals surface area contributed by atoms with E-state index < -0.39 is 0 Å². The number of hydrogen-bond acceptors (Lipinski definition) is 3. The molecule has 4 nitrogen and oxygen atoms in total. The molecule has 0 aliphatic carbocycles. The fraction of sp³-hybridized carbons (Fsp3) is 0.812. The number of rotatable bonds is 6. The molecule has 2 unspecified atom stereocenters. The highest BCUT2D eigenvalue weighted by atomic mass is 15.3. The summed E-state index contributed by atoms with van der Waals surface area (Å²) in [5.74, 6) is 0.756. The maximum absolute atomic E-state index is 4.32. The molecule has 0 radical (unpaired) electrons. The molecule has 1 aliphatic rings. The summed E-state index contributed by atoms with van der Waals surface area (Å²) in [7, 11) is 0. The molecule has 1 aromatic rings. The molecule has 0 amide bonds. The van der Waals surface area contributed by atoms with E-state index in [9.17, 15) is 0 Å². The van der Waals surface area contributed by atoms with Gasteiger partial charge in [0.2, 0.25) is 0 Å². The Kier molecular flexibility index (Phi) is 5.22. The average molecular weight is 278 g/mol. The van der Waals surface area contributed by atoms with Gasteiger partial charge in [0.05, 0.1) is 6.54 Å². The first-order valence-corrected chi connectivity index (χ1v) is 7.99. The first kappa shape index (κ1) is 15.5. The van der Waals surface area contributed by atoms with Crippen LogP contribution in [0.15, 0.2) is 18.5 Å². The van der Waals surface area contributed by atoms with Crippen molar-refractivity contribution in [2.45, 2.75) is 58.7 Å². The third-order valence-electron chi connectivity index (χ3n) is 4.65. The molecule has 114 valence electrons. The second-order valence-electron chi connectivity index (χ2n) is 6.77. The van der Waals surface area contributed by atoms with Crippen LogP contribution in [0.1, 0.15) is 40.5 Å². The summed E-state index contributed by atoms with van der Waals surface area (Å²) in [5, 5.41) is 8.07. The van der Waals surface area contributed by atoms with Crippen molar-refractivity contribution in [1.82, 2.24) is 20.0 Å². The predicted octanol–water partition coefficient (Wildman–Crippen LogP) is 2.37. The Hall–Kier alpha value is -0.870. The second-order valence-corrected chi connectivity index (χ2v) is 6.77. The Balaban J connectivity index is 1.95. The third kappa shape index (κ3) is 3.83. The quantitative estimate of drug-likeness (QED) is 0.867. The molecule has 0 bridgehead atoms. The third-order valence-corrected chi connectivity index (χ3v) is 4.65. The number of aromatic nitrogens is 2. The van der Waals surface area contributed by atoms with Gasteiger partial charge in [-0.2, -0.15) is 5.10 Å². The lowest BCUT2D eigenvalue weighted by Gasteiger charge is -2.48. The molecule has 0 spiro atoms. The molecule has 20 heavy (non-hydrogen) atoms. The van der Waals surface area contributed by atoms with Crippen molar-refractivity contribution in [3.8, 4) is 0 Å². The lowest BCUT2D eigenvalue weighted by atomic mass is 9.90. The zero-order chi connectivity index (χ0) is 14.6. The Bertz CT molecular complexity index is 387. The van der Waals surface area contributed by atoms with Crippen LogP contribution in [-0.2, 0) is 6.54 Å². The van der Waals surface area contributed by atoms with E-state index in [-0.39, 0.29) is 5.54 Å². The molecule has 1 fully saturated rings.